The summed E-state index contributed by atoms with van der Waals surface area (Å²) in [5, 5.41) is 2.69. The van der Waals surface area contributed by atoms with Crippen molar-refractivity contribution in [1.29, 1.82) is 0 Å². The predicted octanol–water partition coefficient (Wildman–Crippen LogP) is 4.47. The zero-order valence-electron chi connectivity index (χ0n) is 13.0. The van der Waals surface area contributed by atoms with E-state index in [-0.39, 0.29) is 16.4 Å². The Hall–Kier alpha value is -2.34. The molecule has 3 N–H and O–H groups in total. The van der Waals surface area contributed by atoms with E-state index >= 15 is 0 Å². The van der Waals surface area contributed by atoms with Gasteiger partial charge in [-0.15, -0.1) is 0 Å². The van der Waals surface area contributed by atoms with Crippen molar-refractivity contribution in [2.24, 2.45) is 0 Å². The number of hydrogen-bond acceptors (Lipinski definition) is 4. The summed E-state index contributed by atoms with van der Waals surface area (Å²) in [7, 11) is 0. The summed E-state index contributed by atoms with van der Waals surface area (Å²) in [6, 6.07) is 5.73. The maximum Gasteiger partial charge on any atom is 0.412 e. The highest BCUT2D eigenvalue weighted by molar-refractivity contribution is 6.29. The van der Waals surface area contributed by atoms with Crippen molar-refractivity contribution in [2.45, 2.75) is 26.4 Å². The van der Waals surface area contributed by atoms with Crippen LogP contribution in [-0.4, -0.2) is 16.7 Å². The molecule has 2 aromatic rings. The molecule has 7 heteroatoms. The second-order valence-electron chi connectivity index (χ2n) is 5.92. The van der Waals surface area contributed by atoms with E-state index in [1.54, 1.807) is 26.8 Å². The first-order chi connectivity index (χ1) is 10.7. The molecule has 0 unspecified atom stereocenters. The Balaban J connectivity index is 2.25. The van der Waals surface area contributed by atoms with Gasteiger partial charge in [-0.05, 0) is 45.0 Å². The van der Waals surface area contributed by atoms with E-state index in [0.29, 0.717) is 11.3 Å². The fourth-order valence-corrected chi connectivity index (χ4v) is 2.06. The number of nitrogens with zero attached hydrogens (tertiary/aromatic N) is 1. The lowest BCUT2D eigenvalue weighted by molar-refractivity contribution is 0.0636. The number of benzene rings is 1. The van der Waals surface area contributed by atoms with Gasteiger partial charge in [0.1, 0.15) is 16.6 Å². The fourth-order valence-electron chi connectivity index (χ4n) is 1.91. The number of pyridine rings is 1. The summed E-state index contributed by atoms with van der Waals surface area (Å²) < 4.78 is 19.4. The Labute approximate surface area is 138 Å². The number of anilines is 2. The van der Waals surface area contributed by atoms with E-state index in [9.17, 15) is 9.18 Å². The third-order valence-corrected chi connectivity index (χ3v) is 3.01. The van der Waals surface area contributed by atoms with Gasteiger partial charge in [0.25, 0.3) is 0 Å². The van der Waals surface area contributed by atoms with Gasteiger partial charge in [-0.1, -0.05) is 11.6 Å². The number of rotatable bonds is 2. The zero-order valence-corrected chi connectivity index (χ0v) is 13.7. The van der Waals surface area contributed by atoms with E-state index in [1.165, 1.54) is 24.4 Å². The minimum absolute atomic E-state index is 0.213. The number of hydrogen-bond donors (Lipinski definition) is 2. The summed E-state index contributed by atoms with van der Waals surface area (Å²) in [6.07, 6.45) is 0.709. The molecule has 1 amide bonds. The lowest BCUT2D eigenvalue weighted by Gasteiger charge is -2.19. The van der Waals surface area contributed by atoms with E-state index in [1.807, 2.05) is 0 Å². The number of nitrogens with one attached hydrogen (secondary N) is 1. The molecule has 0 aliphatic rings. The first-order valence-electron chi connectivity index (χ1n) is 6.86. The molecule has 0 atom stereocenters. The quantitative estimate of drug-likeness (QED) is 0.792. The lowest BCUT2D eigenvalue weighted by atomic mass is 10.0. The molecule has 1 aromatic heterocycles. The third-order valence-electron chi connectivity index (χ3n) is 2.81. The van der Waals surface area contributed by atoms with Crippen LogP contribution < -0.4 is 11.1 Å². The summed E-state index contributed by atoms with van der Waals surface area (Å²) in [4.78, 5) is 15.5. The van der Waals surface area contributed by atoms with Crippen molar-refractivity contribution >= 4 is 29.1 Å². The molecule has 0 saturated carbocycles. The number of nitrogen functional groups attached to an aromatic ring is 1. The van der Waals surface area contributed by atoms with Crippen LogP contribution >= 0.6 is 11.6 Å². The van der Waals surface area contributed by atoms with Crippen molar-refractivity contribution < 1.29 is 13.9 Å². The van der Waals surface area contributed by atoms with Crippen LogP contribution in [0.15, 0.2) is 30.5 Å². The van der Waals surface area contributed by atoms with Crippen molar-refractivity contribution in [3.8, 4) is 11.1 Å². The normalized spacial score (nSPS) is 11.2. The Bertz CT molecular complexity index is 745. The largest absolute Gasteiger partial charge is 0.444 e. The van der Waals surface area contributed by atoms with Gasteiger partial charge < -0.3 is 10.5 Å². The molecule has 1 aromatic carbocycles. The molecule has 0 aliphatic carbocycles. The average Bonchev–Trinajstić information content (AvgIpc) is 2.40. The maximum atomic E-state index is 14.3. The Morgan fingerprint density at radius 1 is 1.30 bits per heavy atom. The summed E-state index contributed by atoms with van der Waals surface area (Å²) in [5.41, 5.74) is 6.45. The number of nitrogens with two attached hydrogens (primary N) is 1. The molecule has 5 nitrogen and oxygen atoms in total. The molecule has 0 saturated heterocycles. The van der Waals surface area contributed by atoms with E-state index < -0.39 is 17.5 Å². The van der Waals surface area contributed by atoms with Crippen molar-refractivity contribution in [2.75, 3.05) is 11.1 Å². The topological polar surface area (TPSA) is 77.2 Å². The number of carbonyl (C=O) groups is 1. The van der Waals surface area contributed by atoms with Crippen LogP contribution in [-0.2, 0) is 4.74 Å². The van der Waals surface area contributed by atoms with Crippen molar-refractivity contribution in [3.63, 3.8) is 0 Å². The van der Waals surface area contributed by atoms with Crippen LogP contribution in [0.4, 0.5) is 20.6 Å². The second-order valence-corrected chi connectivity index (χ2v) is 6.30. The molecule has 0 radical (unpaired) electrons. The fraction of sp³-hybridized carbons (Fsp3) is 0.250. The van der Waals surface area contributed by atoms with Crippen LogP contribution in [0.5, 0.6) is 0 Å². The summed E-state index contributed by atoms with van der Waals surface area (Å²) in [5.74, 6) is -0.549. The number of halogens is 2. The molecule has 1 heterocycles. The number of ether oxygens (including phenoxy) is 1. The van der Waals surface area contributed by atoms with Crippen molar-refractivity contribution in [1.82, 2.24) is 4.98 Å². The number of amides is 1. The zero-order chi connectivity index (χ0) is 17.2. The van der Waals surface area contributed by atoms with E-state index in [4.69, 9.17) is 22.1 Å². The second kappa shape index (κ2) is 6.42. The van der Waals surface area contributed by atoms with Crippen LogP contribution in [0.3, 0.4) is 0 Å². The monoisotopic (exact) mass is 337 g/mol. The SMILES string of the molecule is CC(C)(C)OC(=O)Nc1ccc(-c2cc(Cl)ncc2N)c(F)c1. The lowest BCUT2D eigenvalue weighted by Crippen LogP contribution is -2.27. The van der Waals surface area contributed by atoms with Gasteiger partial charge in [0.05, 0.1) is 11.9 Å². The highest BCUT2D eigenvalue weighted by Gasteiger charge is 2.17. The molecule has 0 fully saturated rings. The number of carbonyl (C=O) groups excluding carboxylic acids is 1. The van der Waals surface area contributed by atoms with Crippen LogP contribution in [0.25, 0.3) is 11.1 Å². The molecular weight excluding hydrogens is 321 g/mol. The Kier molecular flexibility index (Phi) is 4.75. The smallest absolute Gasteiger partial charge is 0.412 e. The molecule has 0 spiro atoms. The van der Waals surface area contributed by atoms with E-state index in [2.05, 4.69) is 10.3 Å². The molecule has 122 valence electrons. The maximum absolute atomic E-state index is 14.3. The molecule has 0 aliphatic heterocycles. The Morgan fingerprint density at radius 2 is 2.00 bits per heavy atom. The van der Waals surface area contributed by atoms with Crippen LogP contribution in [0.1, 0.15) is 20.8 Å². The number of aromatic nitrogens is 1. The van der Waals surface area contributed by atoms with Crippen LogP contribution in [0, 0.1) is 5.82 Å². The van der Waals surface area contributed by atoms with E-state index in [0.717, 1.165) is 0 Å². The standard InChI is InChI=1S/C16H17ClFN3O2/c1-16(2,3)23-15(22)21-9-4-5-10(12(18)6-9)11-7-14(17)20-8-13(11)19/h4-8H,19H2,1-3H3,(H,21,22). The minimum atomic E-state index is -0.656. The average molecular weight is 338 g/mol. The molecule has 23 heavy (non-hydrogen) atoms. The van der Waals surface area contributed by atoms with Gasteiger partial charge in [-0.3, -0.25) is 5.32 Å². The molecule has 2 rings (SSSR count). The van der Waals surface area contributed by atoms with Gasteiger partial charge in [-0.25, -0.2) is 14.2 Å². The van der Waals surface area contributed by atoms with Gasteiger partial charge in [0, 0.05) is 16.8 Å². The Morgan fingerprint density at radius 3 is 2.61 bits per heavy atom. The predicted molar refractivity (Wildman–Crippen MR) is 88.9 cm³/mol. The summed E-state index contributed by atoms with van der Waals surface area (Å²) >= 11 is 5.82. The molecule has 0 bridgehead atoms. The van der Waals surface area contributed by atoms with Gasteiger partial charge in [-0.2, -0.15) is 0 Å². The van der Waals surface area contributed by atoms with Crippen molar-refractivity contribution in [3.05, 3.63) is 41.4 Å². The van der Waals surface area contributed by atoms with Gasteiger partial charge in [0.15, 0.2) is 0 Å². The first kappa shape index (κ1) is 17.0. The van der Waals surface area contributed by atoms with Gasteiger partial charge in [0.2, 0.25) is 0 Å². The highest BCUT2D eigenvalue weighted by Crippen LogP contribution is 2.31. The molecular formula is C16H17ClFN3O2. The highest BCUT2D eigenvalue weighted by atomic mass is 35.5. The minimum Gasteiger partial charge on any atom is -0.444 e. The first-order valence-corrected chi connectivity index (χ1v) is 7.24. The summed E-state index contributed by atoms with van der Waals surface area (Å²) in [6.45, 7) is 5.23. The van der Waals surface area contributed by atoms with Gasteiger partial charge >= 0.3 is 6.09 Å². The van der Waals surface area contributed by atoms with Crippen LogP contribution in [0.2, 0.25) is 5.15 Å². The third kappa shape index (κ3) is 4.56.